The van der Waals surface area contributed by atoms with Crippen LogP contribution in [0.2, 0.25) is 5.02 Å². The van der Waals surface area contributed by atoms with Gasteiger partial charge in [-0.2, -0.15) is 4.98 Å². The number of benzene rings is 2. The van der Waals surface area contributed by atoms with E-state index in [1.807, 2.05) is 43.3 Å². The average Bonchev–Trinajstić information content (AvgIpc) is 2.59. The summed E-state index contributed by atoms with van der Waals surface area (Å²) in [5, 5.41) is 5.07. The van der Waals surface area contributed by atoms with Crippen LogP contribution in [0.1, 0.15) is 19.4 Å². The Kier molecular flexibility index (Phi) is 4.86. The number of fused-ring (bicyclic) bond motifs is 1. The number of nitrogens with one attached hydrogen (secondary N) is 1. The molecule has 0 radical (unpaired) electrons. The summed E-state index contributed by atoms with van der Waals surface area (Å²) < 4.78 is 0. The van der Waals surface area contributed by atoms with Gasteiger partial charge < -0.3 is 10.2 Å². The summed E-state index contributed by atoms with van der Waals surface area (Å²) >= 11 is 6.12. The van der Waals surface area contributed by atoms with Crippen LogP contribution in [0.4, 0.5) is 17.5 Å². The summed E-state index contributed by atoms with van der Waals surface area (Å²) in [4.78, 5) is 11.7. The predicted octanol–water partition coefficient (Wildman–Crippen LogP) is 5.18. The molecule has 1 heterocycles. The van der Waals surface area contributed by atoms with E-state index in [0.717, 1.165) is 41.1 Å². The molecule has 0 amide bonds. The minimum atomic E-state index is 0.584. The SMILES string of the molecule is CCN(CC)c1nc(Nc2cc(Cl)ccc2C)nc2ccccc12. The summed E-state index contributed by atoms with van der Waals surface area (Å²) in [6.45, 7) is 8.09. The molecule has 124 valence electrons. The number of hydrogen-bond acceptors (Lipinski definition) is 4. The Morgan fingerprint density at radius 3 is 2.54 bits per heavy atom. The Labute approximate surface area is 147 Å². The fourth-order valence-corrected chi connectivity index (χ4v) is 2.90. The van der Waals surface area contributed by atoms with Crippen molar-refractivity contribution < 1.29 is 0 Å². The van der Waals surface area contributed by atoms with Gasteiger partial charge in [-0.15, -0.1) is 0 Å². The lowest BCUT2D eigenvalue weighted by atomic mass is 10.2. The van der Waals surface area contributed by atoms with Gasteiger partial charge in [0.05, 0.1) is 5.52 Å². The molecule has 1 N–H and O–H groups in total. The fraction of sp³-hybridized carbons (Fsp3) is 0.263. The van der Waals surface area contributed by atoms with E-state index in [-0.39, 0.29) is 0 Å². The predicted molar refractivity (Wildman–Crippen MR) is 103 cm³/mol. The van der Waals surface area contributed by atoms with Gasteiger partial charge in [0.25, 0.3) is 0 Å². The lowest BCUT2D eigenvalue weighted by Gasteiger charge is -2.22. The van der Waals surface area contributed by atoms with Crippen molar-refractivity contribution in [1.82, 2.24) is 9.97 Å². The first-order valence-electron chi connectivity index (χ1n) is 8.17. The molecule has 0 aliphatic rings. The van der Waals surface area contributed by atoms with E-state index < -0.39 is 0 Å². The number of hydrogen-bond donors (Lipinski definition) is 1. The summed E-state index contributed by atoms with van der Waals surface area (Å²) in [5.74, 6) is 1.54. The summed E-state index contributed by atoms with van der Waals surface area (Å²) in [6, 6.07) is 13.9. The molecule has 0 spiro atoms. The van der Waals surface area contributed by atoms with Crippen LogP contribution in [0.5, 0.6) is 0 Å². The summed E-state index contributed by atoms with van der Waals surface area (Å²) in [6.07, 6.45) is 0. The molecule has 0 aliphatic carbocycles. The molecule has 1 aromatic heterocycles. The van der Waals surface area contributed by atoms with E-state index in [2.05, 4.69) is 35.1 Å². The van der Waals surface area contributed by atoms with Gasteiger partial charge in [0, 0.05) is 29.2 Å². The number of aromatic nitrogens is 2. The first-order valence-corrected chi connectivity index (χ1v) is 8.55. The minimum absolute atomic E-state index is 0.584. The number of para-hydroxylation sites is 1. The van der Waals surface area contributed by atoms with Crippen LogP contribution in [0.15, 0.2) is 42.5 Å². The lowest BCUT2D eigenvalue weighted by Crippen LogP contribution is -2.23. The first-order chi connectivity index (χ1) is 11.6. The number of rotatable bonds is 5. The first kappa shape index (κ1) is 16.5. The largest absolute Gasteiger partial charge is 0.356 e. The van der Waals surface area contributed by atoms with Gasteiger partial charge in [-0.1, -0.05) is 29.8 Å². The smallest absolute Gasteiger partial charge is 0.229 e. The van der Waals surface area contributed by atoms with Crippen molar-refractivity contribution >= 4 is 40.0 Å². The van der Waals surface area contributed by atoms with Crippen molar-refractivity contribution in [3.8, 4) is 0 Å². The van der Waals surface area contributed by atoms with Gasteiger partial charge in [-0.05, 0) is 50.6 Å². The molecule has 0 bridgehead atoms. The van der Waals surface area contributed by atoms with E-state index in [0.29, 0.717) is 11.0 Å². The summed E-state index contributed by atoms with van der Waals surface area (Å²) in [7, 11) is 0. The van der Waals surface area contributed by atoms with Crippen molar-refractivity contribution in [3.05, 3.63) is 53.1 Å². The molecule has 24 heavy (non-hydrogen) atoms. The van der Waals surface area contributed by atoms with E-state index >= 15 is 0 Å². The molecule has 5 heteroatoms. The number of aryl methyl sites for hydroxylation is 1. The Bertz CT molecular complexity index is 859. The van der Waals surface area contributed by atoms with Gasteiger partial charge in [0.1, 0.15) is 5.82 Å². The molecule has 0 saturated heterocycles. The molecule has 0 unspecified atom stereocenters. The Balaban J connectivity index is 2.10. The van der Waals surface area contributed by atoms with Crippen molar-refractivity contribution in [3.63, 3.8) is 0 Å². The Hall–Kier alpha value is -2.33. The van der Waals surface area contributed by atoms with Crippen LogP contribution in [-0.2, 0) is 0 Å². The molecular weight excluding hydrogens is 320 g/mol. The van der Waals surface area contributed by atoms with Crippen LogP contribution in [0, 0.1) is 6.92 Å². The average molecular weight is 341 g/mol. The van der Waals surface area contributed by atoms with Crippen LogP contribution in [0.25, 0.3) is 10.9 Å². The second-order valence-electron chi connectivity index (χ2n) is 5.64. The highest BCUT2D eigenvalue weighted by molar-refractivity contribution is 6.30. The molecule has 4 nitrogen and oxygen atoms in total. The van der Waals surface area contributed by atoms with Crippen molar-refractivity contribution in [2.45, 2.75) is 20.8 Å². The number of halogens is 1. The second-order valence-corrected chi connectivity index (χ2v) is 6.08. The van der Waals surface area contributed by atoms with Gasteiger partial charge in [0.2, 0.25) is 5.95 Å². The van der Waals surface area contributed by atoms with Crippen LogP contribution >= 0.6 is 11.6 Å². The normalized spacial score (nSPS) is 10.8. The molecule has 0 fully saturated rings. The van der Waals surface area contributed by atoms with Crippen LogP contribution in [0.3, 0.4) is 0 Å². The van der Waals surface area contributed by atoms with E-state index in [1.54, 1.807) is 0 Å². The lowest BCUT2D eigenvalue weighted by molar-refractivity contribution is 0.850. The van der Waals surface area contributed by atoms with Crippen molar-refractivity contribution in [2.24, 2.45) is 0 Å². The molecule has 0 aliphatic heterocycles. The number of anilines is 3. The maximum Gasteiger partial charge on any atom is 0.229 e. The van der Waals surface area contributed by atoms with Crippen LogP contribution in [-0.4, -0.2) is 23.1 Å². The van der Waals surface area contributed by atoms with E-state index in [4.69, 9.17) is 16.6 Å². The van der Waals surface area contributed by atoms with Gasteiger partial charge >= 0.3 is 0 Å². The maximum atomic E-state index is 6.12. The second kappa shape index (κ2) is 7.05. The zero-order valence-electron chi connectivity index (χ0n) is 14.2. The number of nitrogens with zero attached hydrogens (tertiary/aromatic N) is 3. The maximum absolute atomic E-state index is 6.12. The highest BCUT2D eigenvalue weighted by Crippen LogP contribution is 2.28. The molecule has 0 atom stereocenters. The topological polar surface area (TPSA) is 41.1 Å². The highest BCUT2D eigenvalue weighted by Gasteiger charge is 2.13. The minimum Gasteiger partial charge on any atom is -0.356 e. The van der Waals surface area contributed by atoms with E-state index in [1.165, 1.54) is 0 Å². The monoisotopic (exact) mass is 340 g/mol. The van der Waals surface area contributed by atoms with E-state index in [9.17, 15) is 0 Å². The zero-order chi connectivity index (χ0) is 17.1. The standard InChI is InChI=1S/C19H21ClN4/c1-4-24(5-2)18-15-8-6-7-9-16(15)21-19(23-18)22-17-12-14(20)11-10-13(17)3/h6-12H,4-5H2,1-3H3,(H,21,22,23). The molecule has 2 aromatic carbocycles. The molecule has 3 aromatic rings. The van der Waals surface area contributed by atoms with Crippen molar-refractivity contribution in [2.75, 3.05) is 23.3 Å². The third-order valence-corrected chi connectivity index (χ3v) is 4.33. The Morgan fingerprint density at radius 1 is 1.04 bits per heavy atom. The summed E-state index contributed by atoms with van der Waals surface area (Å²) in [5.41, 5.74) is 2.94. The molecule has 0 saturated carbocycles. The third-order valence-electron chi connectivity index (χ3n) is 4.09. The highest BCUT2D eigenvalue weighted by atomic mass is 35.5. The van der Waals surface area contributed by atoms with Gasteiger partial charge in [-0.3, -0.25) is 0 Å². The van der Waals surface area contributed by atoms with Crippen molar-refractivity contribution in [1.29, 1.82) is 0 Å². The third kappa shape index (κ3) is 3.29. The van der Waals surface area contributed by atoms with Crippen LogP contribution < -0.4 is 10.2 Å². The zero-order valence-corrected chi connectivity index (χ0v) is 14.9. The van der Waals surface area contributed by atoms with Gasteiger partial charge in [-0.25, -0.2) is 4.98 Å². The Morgan fingerprint density at radius 2 is 1.79 bits per heavy atom. The molecular formula is C19H21ClN4. The molecule has 3 rings (SSSR count). The van der Waals surface area contributed by atoms with Gasteiger partial charge in [0.15, 0.2) is 0 Å². The fourth-order valence-electron chi connectivity index (χ4n) is 2.73. The quantitative estimate of drug-likeness (QED) is 0.694.